The van der Waals surface area contributed by atoms with E-state index in [2.05, 4.69) is 36.5 Å². The maximum atomic E-state index is 12.7. The van der Waals surface area contributed by atoms with Crippen LogP contribution in [-0.2, 0) is 4.79 Å². The van der Waals surface area contributed by atoms with Crippen LogP contribution in [0.15, 0.2) is 24.3 Å². The third-order valence-corrected chi connectivity index (χ3v) is 5.38. The maximum Gasteiger partial charge on any atom is 0.318 e. The van der Waals surface area contributed by atoms with E-state index in [9.17, 15) is 9.59 Å². The van der Waals surface area contributed by atoms with E-state index < -0.39 is 5.97 Å². The van der Waals surface area contributed by atoms with Crippen molar-refractivity contribution >= 4 is 12.0 Å². The molecule has 1 heterocycles. The summed E-state index contributed by atoms with van der Waals surface area (Å²) in [5.41, 5.74) is 2.42. The SMILES string of the molecule is Cc1ccc(C2CCCN2C(=O)NC2CCC(C(=O)O)CC2)cc1. The number of carboxylic acids is 1. The van der Waals surface area contributed by atoms with E-state index in [-0.39, 0.29) is 24.0 Å². The second-order valence-electron chi connectivity index (χ2n) is 7.10. The molecule has 130 valence electrons. The van der Waals surface area contributed by atoms with E-state index in [4.69, 9.17) is 5.11 Å². The van der Waals surface area contributed by atoms with Gasteiger partial charge in [-0.2, -0.15) is 0 Å². The van der Waals surface area contributed by atoms with Crippen molar-refractivity contribution in [3.8, 4) is 0 Å². The zero-order valence-corrected chi connectivity index (χ0v) is 14.2. The third-order valence-electron chi connectivity index (χ3n) is 5.38. The zero-order chi connectivity index (χ0) is 17.1. The maximum absolute atomic E-state index is 12.7. The molecule has 0 radical (unpaired) electrons. The first-order valence-electron chi connectivity index (χ1n) is 8.91. The molecule has 0 aromatic heterocycles. The Kier molecular flexibility index (Phi) is 5.07. The van der Waals surface area contributed by atoms with Crippen molar-refractivity contribution < 1.29 is 14.7 Å². The summed E-state index contributed by atoms with van der Waals surface area (Å²) in [6, 6.07) is 8.67. The van der Waals surface area contributed by atoms with E-state index in [1.165, 1.54) is 11.1 Å². The molecule has 1 saturated heterocycles. The number of carbonyl (C=O) groups excluding carboxylic acids is 1. The van der Waals surface area contributed by atoms with E-state index in [1.54, 1.807) is 0 Å². The van der Waals surface area contributed by atoms with Gasteiger partial charge in [0.25, 0.3) is 0 Å². The number of rotatable bonds is 3. The minimum Gasteiger partial charge on any atom is -0.481 e. The molecule has 0 bridgehead atoms. The lowest BCUT2D eigenvalue weighted by Gasteiger charge is -2.31. The van der Waals surface area contributed by atoms with Crippen molar-refractivity contribution in [1.82, 2.24) is 10.2 Å². The Morgan fingerprint density at radius 1 is 1.08 bits per heavy atom. The Hall–Kier alpha value is -2.04. The Morgan fingerprint density at radius 3 is 2.38 bits per heavy atom. The molecule has 1 aliphatic heterocycles. The van der Waals surface area contributed by atoms with Crippen LogP contribution in [0.3, 0.4) is 0 Å². The number of amides is 2. The molecule has 1 atom stereocenters. The molecule has 1 aromatic carbocycles. The molecule has 24 heavy (non-hydrogen) atoms. The topological polar surface area (TPSA) is 69.6 Å². The average Bonchev–Trinajstić information content (AvgIpc) is 3.06. The molecule has 1 aromatic rings. The second-order valence-corrected chi connectivity index (χ2v) is 7.10. The first-order valence-corrected chi connectivity index (χ1v) is 8.91. The van der Waals surface area contributed by atoms with Gasteiger partial charge < -0.3 is 15.3 Å². The Balaban J connectivity index is 1.58. The normalized spacial score (nSPS) is 27.0. The number of aliphatic carboxylic acids is 1. The fourth-order valence-corrected chi connectivity index (χ4v) is 3.89. The fourth-order valence-electron chi connectivity index (χ4n) is 3.89. The molecule has 2 amide bonds. The number of urea groups is 1. The molecule has 5 heteroatoms. The van der Waals surface area contributed by atoms with Gasteiger partial charge in [0.05, 0.1) is 12.0 Å². The van der Waals surface area contributed by atoms with Gasteiger partial charge in [-0.25, -0.2) is 4.79 Å². The van der Waals surface area contributed by atoms with E-state index in [0.29, 0.717) is 12.8 Å². The molecular formula is C19H26N2O3. The van der Waals surface area contributed by atoms with Crippen molar-refractivity contribution in [3.05, 3.63) is 35.4 Å². The van der Waals surface area contributed by atoms with Crippen LogP contribution in [0, 0.1) is 12.8 Å². The fraction of sp³-hybridized carbons (Fsp3) is 0.579. The number of hydrogen-bond donors (Lipinski definition) is 2. The summed E-state index contributed by atoms with van der Waals surface area (Å²) < 4.78 is 0. The highest BCUT2D eigenvalue weighted by Gasteiger charge is 2.32. The van der Waals surface area contributed by atoms with Gasteiger partial charge in [-0.15, -0.1) is 0 Å². The summed E-state index contributed by atoms with van der Waals surface area (Å²) in [6.45, 7) is 2.85. The number of nitrogens with zero attached hydrogens (tertiary/aromatic N) is 1. The van der Waals surface area contributed by atoms with Crippen LogP contribution in [0.2, 0.25) is 0 Å². The first-order chi connectivity index (χ1) is 11.5. The summed E-state index contributed by atoms with van der Waals surface area (Å²) in [4.78, 5) is 25.6. The van der Waals surface area contributed by atoms with Crippen molar-refractivity contribution in [3.63, 3.8) is 0 Å². The van der Waals surface area contributed by atoms with Gasteiger partial charge in [0.15, 0.2) is 0 Å². The lowest BCUT2D eigenvalue weighted by molar-refractivity contribution is -0.142. The van der Waals surface area contributed by atoms with Crippen molar-refractivity contribution in [1.29, 1.82) is 0 Å². The monoisotopic (exact) mass is 330 g/mol. The van der Waals surface area contributed by atoms with E-state index in [0.717, 1.165) is 32.2 Å². The lowest BCUT2D eigenvalue weighted by atomic mass is 9.86. The number of likely N-dealkylation sites (tertiary alicyclic amines) is 1. The van der Waals surface area contributed by atoms with Crippen molar-refractivity contribution in [2.24, 2.45) is 5.92 Å². The van der Waals surface area contributed by atoms with Crippen LogP contribution in [-0.4, -0.2) is 34.6 Å². The smallest absolute Gasteiger partial charge is 0.318 e. The molecule has 2 aliphatic rings. The largest absolute Gasteiger partial charge is 0.481 e. The highest BCUT2D eigenvalue weighted by molar-refractivity contribution is 5.75. The number of carboxylic acid groups (broad SMARTS) is 1. The second kappa shape index (κ2) is 7.24. The molecule has 0 spiro atoms. The van der Waals surface area contributed by atoms with Crippen LogP contribution in [0.1, 0.15) is 55.7 Å². The molecule has 1 saturated carbocycles. The van der Waals surface area contributed by atoms with Crippen LogP contribution in [0.4, 0.5) is 4.79 Å². The van der Waals surface area contributed by atoms with Gasteiger partial charge in [-0.3, -0.25) is 4.79 Å². The number of hydrogen-bond acceptors (Lipinski definition) is 2. The Morgan fingerprint density at radius 2 is 1.75 bits per heavy atom. The minimum atomic E-state index is -0.709. The molecule has 1 aliphatic carbocycles. The zero-order valence-electron chi connectivity index (χ0n) is 14.2. The van der Waals surface area contributed by atoms with Gasteiger partial charge in [0, 0.05) is 12.6 Å². The quantitative estimate of drug-likeness (QED) is 0.891. The number of benzene rings is 1. The van der Waals surface area contributed by atoms with Gasteiger partial charge in [-0.05, 0) is 51.0 Å². The lowest BCUT2D eigenvalue weighted by Crippen LogP contribution is -2.46. The molecule has 1 unspecified atom stereocenters. The first kappa shape index (κ1) is 16.8. The Labute approximate surface area is 143 Å². The highest BCUT2D eigenvalue weighted by Crippen LogP contribution is 2.32. The van der Waals surface area contributed by atoms with Crippen LogP contribution < -0.4 is 5.32 Å². The highest BCUT2D eigenvalue weighted by atomic mass is 16.4. The third kappa shape index (κ3) is 3.71. The summed E-state index contributed by atoms with van der Waals surface area (Å²) in [5, 5.41) is 12.2. The van der Waals surface area contributed by atoms with Gasteiger partial charge in [0.1, 0.15) is 0 Å². The van der Waals surface area contributed by atoms with Gasteiger partial charge in [0.2, 0.25) is 0 Å². The van der Waals surface area contributed by atoms with E-state index in [1.807, 2.05) is 4.90 Å². The van der Waals surface area contributed by atoms with Crippen LogP contribution >= 0.6 is 0 Å². The van der Waals surface area contributed by atoms with E-state index >= 15 is 0 Å². The summed E-state index contributed by atoms with van der Waals surface area (Å²) in [5.74, 6) is -0.955. The van der Waals surface area contributed by atoms with Crippen molar-refractivity contribution in [2.75, 3.05) is 6.54 Å². The van der Waals surface area contributed by atoms with Crippen molar-refractivity contribution in [2.45, 2.75) is 57.5 Å². The number of carbonyl (C=O) groups is 2. The summed E-state index contributed by atoms with van der Waals surface area (Å²) in [7, 11) is 0. The summed E-state index contributed by atoms with van der Waals surface area (Å²) in [6.07, 6.45) is 4.85. The van der Waals surface area contributed by atoms with Crippen LogP contribution in [0.5, 0.6) is 0 Å². The predicted octanol–water partition coefficient (Wildman–Crippen LogP) is 3.48. The average molecular weight is 330 g/mol. The standard InChI is InChI=1S/C19H26N2O3/c1-13-4-6-14(7-5-13)17-3-2-12-21(17)19(24)20-16-10-8-15(9-11-16)18(22)23/h4-7,15-17H,2-3,8-12H2,1H3,(H,20,24)(H,22,23). The summed E-state index contributed by atoms with van der Waals surface area (Å²) >= 11 is 0. The van der Waals surface area contributed by atoms with Gasteiger partial charge in [-0.1, -0.05) is 29.8 Å². The van der Waals surface area contributed by atoms with Gasteiger partial charge >= 0.3 is 12.0 Å². The Bertz CT molecular complexity index is 591. The number of nitrogens with one attached hydrogen (secondary N) is 1. The minimum absolute atomic E-state index is 0.00292. The predicted molar refractivity (Wildman–Crippen MR) is 91.8 cm³/mol. The molecule has 5 nitrogen and oxygen atoms in total. The molecular weight excluding hydrogens is 304 g/mol. The molecule has 3 rings (SSSR count). The molecule has 2 fully saturated rings. The number of aryl methyl sites for hydroxylation is 1. The molecule has 2 N–H and O–H groups in total. The van der Waals surface area contributed by atoms with Crippen LogP contribution in [0.25, 0.3) is 0 Å².